The van der Waals surface area contributed by atoms with Crippen LogP contribution in [0.5, 0.6) is 0 Å². The summed E-state index contributed by atoms with van der Waals surface area (Å²) in [5.74, 6) is -1.30. The number of carbonyl (C=O) groups is 1. The Morgan fingerprint density at radius 2 is 2.07 bits per heavy atom. The van der Waals surface area contributed by atoms with Crippen molar-refractivity contribution in [3.63, 3.8) is 0 Å². The number of rotatable bonds is 5. The number of aromatic nitrogens is 2. The SMILES string of the molecule is CCc1nnc(C2=C(C)NC(C)=C(C(=O)O)C2c2cccc([N+](=O)[O-])c2)o1. The van der Waals surface area contributed by atoms with Crippen LogP contribution in [0.4, 0.5) is 5.69 Å². The molecule has 1 aliphatic rings. The van der Waals surface area contributed by atoms with Crippen LogP contribution in [0, 0.1) is 10.1 Å². The molecule has 0 radical (unpaired) electrons. The van der Waals surface area contributed by atoms with E-state index in [0.29, 0.717) is 34.8 Å². The molecule has 1 aromatic heterocycles. The summed E-state index contributed by atoms with van der Waals surface area (Å²) in [6.45, 7) is 5.29. The number of aryl methyl sites for hydroxylation is 1. The van der Waals surface area contributed by atoms with Crippen LogP contribution in [0.15, 0.2) is 45.6 Å². The second-order valence-electron chi connectivity index (χ2n) is 6.15. The number of aliphatic carboxylic acids is 1. The number of benzene rings is 1. The Kier molecular flexibility index (Phi) is 4.76. The van der Waals surface area contributed by atoms with E-state index in [1.54, 1.807) is 19.9 Å². The molecule has 1 aliphatic heterocycles. The minimum Gasteiger partial charge on any atom is -0.478 e. The minimum absolute atomic E-state index is 0.0762. The van der Waals surface area contributed by atoms with Crippen LogP contribution in [0.1, 0.15) is 44.0 Å². The molecule has 0 spiro atoms. The van der Waals surface area contributed by atoms with E-state index in [2.05, 4.69) is 15.5 Å². The number of nitrogens with one attached hydrogen (secondary N) is 1. The van der Waals surface area contributed by atoms with Gasteiger partial charge in [-0.1, -0.05) is 19.1 Å². The van der Waals surface area contributed by atoms with Gasteiger partial charge in [0.1, 0.15) is 0 Å². The maximum absolute atomic E-state index is 12.0. The highest BCUT2D eigenvalue weighted by atomic mass is 16.6. The van der Waals surface area contributed by atoms with Crippen molar-refractivity contribution < 1.29 is 19.2 Å². The van der Waals surface area contributed by atoms with Crippen LogP contribution in [0.2, 0.25) is 0 Å². The third-order valence-corrected chi connectivity index (χ3v) is 4.40. The van der Waals surface area contributed by atoms with Crippen LogP contribution in [-0.4, -0.2) is 26.2 Å². The van der Waals surface area contributed by atoms with E-state index in [4.69, 9.17) is 4.42 Å². The van der Waals surface area contributed by atoms with Crippen LogP contribution in [-0.2, 0) is 11.2 Å². The molecule has 9 heteroatoms. The monoisotopic (exact) mass is 370 g/mol. The fourth-order valence-corrected chi connectivity index (χ4v) is 3.22. The zero-order chi connectivity index (χ0) is 19.7. The van der Waals surface area contributed by atoms with Gasteiger partial charge in [0.15, 0.2) is 0 Å². The van der Waals surface area contributed by atoms with Gasteiger partial charge < -0.3 is 14.8 Å². The van der Waals surface area contributed by atoms with Crippen molar-refractivity contribution in [1.82, 2.24) is 15.5 Å². The lowest BCUT2D eigenvalue weighted by Gasteiger charge is -2.29. The Morgan fingerprint density at radius 3 is 2.67 bits per heavy atom. The molecule has 1 unspecified atom stereocenters. The number of carboxylic acid groups (broad SMARTS) is 1. The van der Waals surface area contributed by atoms with Crippen molar-refractivity contribution in [2.24, 2.45) is 0 Å². The van der Waals surface area contributed by atoms with E-state index in [0.717, 1.165) is 0 Å². The fraction of sp³-hybridized carbons (Fsp3) is 0.278. The summed E-state index contributed by atoms with van der Waals surface area (Å²) in [7, 11) is 0. The molecule has 0 amide bonds. The highest BCUT2D eigenvalue weighted by molar-refractivity contribution is 5.95. The molecule has 3 rings (SSSR count). The van der Waals surface area contributed by atoms with Crippen molar-refractivity contribution in [2.45, 2.75) is 33.1 Å². The number of dihydropyridines is 1. The summed E-state index contributed by atoms with van der Waals surface area (Å²) in [6, 6.07) is 5.92. The average Bonchev–Trinajstić information content (AvgIpc) is 3.09. The molecule has 2 aromatic rings. The topological polar surface area (TPSA) is 131 Å². The van der Waals surface area contributed by atoms with E-state index in [9.17, 15) is 20.0 Å². The Morgan fingerprint density at radius 1 is 1.33 bits per heavy atom. The first-order valence-corrected chi connectivity index (χ1v) is 8.32. The van der Waals surface area contributed by atoms with Crippen molar-refractivity contribution in [2.75, 3.05) is 0 Å². The standard InChI is InChI=1S/C18H18N4O5/c1-4-13-20-21-17(27-13)14-9(2)19-10(3)15(18(23)24)16(14)11-6-5-7-12(8-11)22(25)26/h5-8,16,19H,4H2,1-3H3,(H,23,24). The number of hydrogen-bond donors (Lipinski definition) is 2. The van der Waals surface area contributed by atoms with Crippen LogP contribution in [0.3, 0.4) is 0 Å². The highest BCUT2D eigenvalue weighted by Crippen LogP contribution is 2.43. The first kappa shape index (κ1) is 18.3. The third-order valence-electron chi connectivity index (χ3n) is 4.40. The largest absolute Gasteiger partial charge is 0.478 e. The number of carboxylic acids is 1. The van der Waals surface area contributed by atoms with Gasteiger partial charge >= 0.3 is 5.97 Å². The molecular weight excluding hydrogens is 352 g/mol. The van der Waals surface area contributed by atoms with Crippen LogP contribution in [0.25, 0.3) is 5.57 Å². The van der Waals surface area contributed by atoms with Crippen LogP contribution >= 0.6 is 0 Å². The Balaban J connectivity index is 2.23. The molecule has 2 N–H and O–H groups in total. The summed E-state index contributed by atoms with van der Waals surface area (Å²) in [4.78, 5) is 22.7. The molecule has 0 saturated carbocycles. The highest BCUT2D eigenvalue weighted by Gasteiger charge is 2.36. The summed E-state index contributed by atoms with van der Waals surface area (Å²) in [6.07, 6.45) is 0.537. The molecular formula is C18H18N4O5. The number of nitro groups is 1. The lowest BCUT2D eigenvalue weighted by molar-refractivity contribution is -0.384. The number of non-ortho nitro benzene ring substituents is 1. The molecule has 9 nitrogen and oxygen atoms in total. The second kappa shape index (κ2) is 7.02. The van der Waals surface area contributed by atoms with E-state index >= 15 is 0 Å². The van der Waals surface area contributed by atoms with Gasteiger partial charge in [0, 0.05) is 35.5 Å². The summed E-state index contributed by atoms with van der Waals surface area (Å²) in [5.41, 5.74) is 2.02. The van der Waals surface area contributed by atoms with E-state index < -0.39 is 16.8 Å². The van der Waals surface area contributed by atoms with Gasteiger partial charge in [-0.15, -0.1) is 10.2 Å². The van der Waals surface area contributed by atoms with Gasteiger partial charge in [0.05, 0.1) is 16.4 Å². The maximum atomic E-state index is 12.0. The van der Waals surface area contributed by atoms with Gasteiger partial charge in [-0.05, 0) is 19.4 Å². The Hall–Kier alpha value is -3.49. The molecule has 0 bridgehead atoms. The van der Waals surface area contributed by atoms with Gasteiger partial charge in [-0.2, -0.15) is 0 Å². The number of nitrogens with zero attached hydrogens (tertiary/aromatic N) is 3. The average molecular weight is 370 g/mol. The van der Waals surface area contributed by atoms with Crippen molar-refractivity contribution in [1.29, 1.82) is 0 Å². The maximum Gasteiger partial charge on any atom is 0.334 e. The molecule has 1 aromatic carbocycles. The zero-order valence-corrected chi connectivity index (χ0v) is 15.0. The van der Waals surface area contributed by atoms with Gasteiger partial charge in [0.25, 0.3) is 5.69 Å². The van der Waals surface area contributed by atoms with Crippen molar-refractivity contribution in [3.05, 3.63) is 68.7 Å². The minimum atomic E-state index is -1.13. The van der Waals surface area contributed by atoms with Crippen molar-refractivity contribution >= 4 is 17.2 Å². The zero-order valence-electron chi connectivity index (χ0n) is 15.0. The quantitative estimate of drug-likeness (QED) is 0.606. The Bertz CT molecular complexity index is 989. The molecule has 140 valence electrons. The van der Waals surface area contributed by atoms with Gasteiger partial charge in [-0.3, -0.25) is 10.1 Å². The molecule has 2 heterocycles. The summed E-state index contributed by atoms with van der Waals surface area (Å²) in [5, 5.41) is 32.0. The molecule has 1 atom stereocenters. The smallest absolute Gasteiger partial charge is 0.334 e. The lowest BCUT2D eigenvalue weighted by atomic mass is 9.80. The normalized spacial score (nSPS) is 17.1. The predicted molar refractivity (Wildman–Crippen MR) is 95.6 cm³/mol. The first-order valence-electron chi connectivity index (χ1n) is 8.32. The van der Waals surface area contributed by atoms with Gasteiger partial charge in [-0.25, -0.2) is 4.79 Å². The fourth-order valence-electron chi connectivity index (χ4n) is 3.22. The third kappa shape index (κ3) is 3.31. The van der Waals surface area contributed by atoms with Crippen LogP contribution < -0.4 is 5.32 Å². The molecule has 0 aliphatic carbocycles. The Labute approximate surface area is 154 Å². The van der Waals surface area contributed by atoms with Crippen molar-refractivity contribution in [3.8, 4) is 0 Å². The van der Waals surface area contributed by atoms with Gasteiger partial charge in [0.2, 0.25) is 11.8 Å². The molecule has 0 saturated heterocycles. The molecule has 27 heavy (non-hydrogen) atoms. The van der Waals surface area contributed by atoms with E-state index in [1.165, 1.54) is 18.2 Å². The summed E-state index contributed by atoms with van der Waals surface area (Å²) >= 11 is 0. The number of nitro benzene ring substituents is 1. The lowest BCUT2D eigenvalue weighted by Crippen LogP contribution is -2.27. The van der Waals surface area contributed by atoms with E-state index in [-0.39, 0.29) is 17.2 Å². The first-order chi connectivity index (χ1) is 12.8. The number of hydrogen-bond acceptors (Lipinski definition) is 7. The predicted octanol–water partition coefficient (Wildman–Crippen LogP) is 3.02. The summed E-state index contributed by atoms with van der Waals surface area (Å²) < 4.78 is 5.67. The molecule has 0 fully saturated rings. The van der Waals surface area contributed by atoms with E-state index in [1.807, 2.05) is 6.92 Å². The second-order valence-corrected chi connectivity index (χ2v) is 6.15. The number of allylic oxidation sites excluding steroid dienone is 3.